The molecule has 1 aromatic heterocycles. The van der Waals surface area contributed by atoms with E-state index >= 15 is 0 Å². The molecule has 8 rings (SSSR count). The molecule has 0 aliphatic rings. The summed E-state index contributed by atoms with van der Waals surface area (Å²) in [5, 5.41) is 1.13. The highest BCUT2D eigenvalue weighted by Crippen LogP contribution is 2.47. The van der Waals surface area contributed by atoms with Crippen molar-refractivity contribution in [3.05, 3.63) is 145 Å². The second-order valence-electron chi connectivity index (χ2n) is 9.11. The van der Waals surface area contributed by atoms with Gasteiger partial charge in [-0.15, -0.1) is 0 Å². The lowest BCUT2D eigenvalue weighted by Gasteiger charge is -2.18. The van der Waals surface area contributed by atoms with Crippen molar-refractivity contribution in [1.82, 2.24) is 0 Å². The van der Waals surface area contributed by atoms with Crippen molar-refractivity contribution < 1.29 is 22.2 Å². The maximum Gasteiger partial charge on any atom is 0.136 e. The van der Waals surface area contributed by atoms with E-state index in [1.807, 2.05) is 0 Å². The van der Waals surface area contributed by atoms with Gasteiger partial charge in [0, 0.05) is 10.8 Å². The van der Waals surface area contributed by atoms with Crippen molar-refractivity contribution in [3.8, 4) is 33.4 Å². The second kappa shape index (κ2) is 8.72. The summed E-state index contributed by atoms with van der Waals surface area (Å²) in [7, 11) is 0. The Bertz CT molecular complexity index is 2770. The van der Waals surface area contributed by atoms with Gasteiger partial charge in [0.05, 0.1) is 17.8 Å². The van der Waals surface area contributed by atoms with Crippen LogP contribution in [0.2, 0.25) is 0 Å². The highest BCUT2D eigenvalue weighted by molar-refractivity contribution is 6.25. The van der Waals surface area contributed by atoms with Crippen LogP contribution < -0.4 is 0 Å². The Morgan fingerprint density at radius 2 is 1.08 bits per heavy atom. The lowest BCUT2D eigenvalue weighted by Crippen LogP contribution is -1.91. The number of hydrogen-bond donors (Lipinski definition) is 0. The molecule has 0 N–H and O–H groups in total. The van der Waals surface area contributed by atoms with Gasteiger partial charge in [-0.25, -0.2) is 0 Å². The smallest absolute Gasteiger partial charge is 0.136 e. The zero-order valence-corrected chi connectivity index (χ0v) is 20.3. The monoisotopic (exact) mass is 509 g/mol. The van der Waals surface area contributed by atoms with Crippen LogP contribution in [0.25, 0.3) is 76.9 Å². The normalized spacial score (nSPS) is 16.3. The number of furan rings is 1. The molecule has 0 unspecified atom stereocenters. The summed E-state index contributed by atoms with van der Waals surface area (Å²) in [5.41, 5.74) is 2.23. The molecule has 0 fully saturated rings. The Morgan fingerprint density at radius 1 is 0.436 bits per heavy atom. The molecule has 1 nitrogen and oxygen atoms in total. The fourth-order valence-electron chi connectivity index (χ4n) is 5.37. The molecule has 0 amide bonds. The molecule has 0 aliphatic carbocycles. The largest absolute Gasteiger partial charge is 0.456 e. The van der Waals surface area contributed by atoms with Crippen LogP contribution in [0, 0.1) is 0 Å². The van der Waals surface area contributed by atoms with Crippen LogP contribution in [0.4, 0.5) is 0 Å². The first-order chi connectivity index (χ1) is 24.8. The molecule has 182 valence electrons. The molecule has 39 heavy (non-hydrogen) atoms. The number of hydrogen-bond acceptors (Lipinski definition) is 1. The van der Waals surface area contributed by atoms with Crippen molar-refractivity contribution in [2.45, 2.75) is 0 Å². The van der Waals surface area contributed by atoms with Gasteiger partial charge in [-0.05, 0) is 73.1 Å². The molecule has 0 radical (unpaired) electrons. The third kappa shape index (κ3) is 3.41. The van der Waals surface area contributed by atoms with Gasteiger partial charge >= 0.3 is 0 Å². The zero-order chi connectivity index (χ0) is 37.1. The molecule has 1 heteroatoms. The second-order valence-corrected chi connectivity index (χ2v) is 9.11. The molecule has 0 saturated carbocycles. The summed E-state index contributed by atoms with van der Waals surface area (Å²) >= 11 is 0. The van der Waals surface area contributed by atoms with Crippen LogP contribution in [0.5, 0.6) is 0 Å². The highest BCUT2D eigenvalue weighted by Gasteiger charge is 2.20. The van der Waals surface area contributed by atoms with Crippen LogP contribution in [-0.4, -0.2) is 0 Å². The molecular formula is C38H24O. The van der Waals surface area contributed by atoms with Gasteiger partial charge in [-0.2, -0.15) is 0 Å². The van der Waals surface area contributed by atoms with Gasteiger partial charge in [0.1, 0.15) is 11.2 Å². The van der Waals surface area contributed by atoms with E-state index in [9.17, 15) is 2.74 Å². The minimum absolute atomic E-state index is 0.0222. The molecule has 0 atom stereocenters. The summed E-state index contributed by atoms with van der Waals surface area (Å²) in [4.78, 5) is 0. The maximum absolute atomic E-state index is 9.26. The van der Waals surface area contributed by atoms with Crippen molar-refractivity contribution in [1.29, 1.82) is 0 Å². The Balaban J connectivity index is 1.63. The van der Waals surface area contributed by atoms with Crippen molar-refractivity contribution in [3.63, 3.8) is 0 Å². The molecule has 7 aromatic carbocycles. The molecule has 0 aliphatic heterocycles. The van der Waals surface area contributed by atoms with Crippen LogP contribution >= 0.6 is 0 Å². The van der Waals surface area contributed by atoms with Crippen LogP contribution in [-0.2, 0) is 0 Å². The Hall–Kier alpha value is -5.14. The minimum atomic E-state index is -0.525. The molecule has 8 aromatic rings. The van der Waals surface area contributed by atoms with E-state index < -0.39 is 54.4 Å². The van der Waals surface area contributed by atoms with Gasteiger partial charge < -0.3 is 4.42 Å². The summed E-state index contributed by atoms with van der Waals surface area (Å²) in [6.45, 7) is 0. The molecular weight excluding hydrogens is 472 g/mol. The van der Waals surface area contributed by atoms with E-state index in [0.29, 0.717) is 38.6 Å². The molecule has 0 saturated heterocycles. The standard InChI is InChI=1S/C38H24O/c1-3-12-25(13-4-1)27-22-23-34-33(24-27)38-32(20-11-21-35(38)39-34)37-30-18-9-7-16-28(30)36(26-14-5-2-6-15-26)29-17-8-10-19-31(29)37/h1-24H/i1D,3D,4D,7D,8D,9D,10D,12D,13D,16D,17D,18D,19D. The predicted octanol–water partition coefficient (Wildman–Crippen LogP) is 10.9. The van der Waals surface area contributed by atoms with Crippen LogP contribution in [0.15, 0.2) is 150 Å². The van der Waals surface area contributed by atoms with Crippen LogP contribution in [0.3, 0.4) is 0 Å². The van der Waals surface area contributed by atoms with Gasteiger partial charge in [-0.1, -0.05) is 127 Å². The Kier molecular flexibility index (Phi) is 2.82. The first-order valence-electron chi connectivity index (χ1n) is 18.8. The fraction of sp³-hybridized carbons (Fsp3) is 0. The van der Waals surface area contributed by atoms with Gasteiger partial charge in [0.15, 0.2) is 0 Å². The van der Waals surface area contributed by atoms with E-state index in [1.165, 1.54) is 0 Å². The average Bonchev–Trinajstić information content (AvgIpc) is 3.53. The topological polar surface area (TPSA) is 13.1 Å². The van der Waals surface area contributed by atoms with E-state index in [1.54, 1.807) is 66.7 Å². The molecule has 0 spiro atoms. The first-order valence-corrected chi connectivity index (χ1v) is 12.3. The fourth-order valence-corrected chi connectivity index (χ4v) is 5.37. The highest BCUT2D eigenvalue weighted by atomic mass is 16.3. The lowest BCUT2D eigenvalue weighted by atomic mass is 9.85. The summed E-state index contributed by atoms with van der Waals surface area (Å²) < 4.78 is 119. The third-order valence-corrected chi connectivity index (χ3v) is 6.99. The number of fused-ring (bicyclic) bond motifs is 5. The SMILES string of the molecule is [2H]c1c([2H])c([2H])c(-c2ccc3oc4cccc(-c5c6c([2H])c([2H])c([2H])c([2H])c6c(-c6ccccc6)c6c([2H])c([2H])c([2H])c([2H])c56)c4c3c2)c([2H])c1[2H]. The Morgan fingerprint density at radius 3 is 1.77 bits per heavy atom. The van der Waals surface area contributed by atoms with Gasteiger partial charge in [0.2, 0.25) is 0 Å². The van der Waals surface area contributed by atoms with E-state index in [2.05, 4.69) is 0 Å². The minimum Gasteiger partial charge on any atom is -0.456 e. The maximum atomic E-state index is 9.26. The van der Waals surface area contributed by atoms with Crippen molar-refractivity contribution in [2.75, 3.05) is 0 Å². The van der Waals surface area contributed by atoms with Crippen molar-refractivity contribution in [2.24, 2.45) is 0 Å². The third-order valence-electron chi connectivity index (χ3n) is 6.99. The average molecular weight is 510 g/mol. The van der Waals surface area contributed by atoms with E-state index in [4.69, 9.17) is 19.5 Å². The summed E-state index contributed by atoms with van der Waals surface area (Å²) in [6.07, 6.45) is 0. The predicted molar refractivity (Wildman–Crippen MR) is 165 cm³/mol. The quantitative estimate of drug-likeness (QED) is 0.216. The van der Waals surface area contributed by atoms with Crippen LogP contribution in [0.1, 0.15) is 17.8 Å². The molecule has 1 heterocycles. The van der Waals surface area contributed by atoms with E-state index in [-0.39, 0.29) is 62.4 Å². The molecule has 0 bridgehead atoms. The summed E-state index contributed by atoms with van der Waals surface area (Å²) in [6, 6.07) is 12.7. The Labute approximate surface area is 244 Å². The first kappa shape index (κ1) is 12.6. The zero-order valence-electron chi connectivity index (χ0n) is 33.3. The van der Waals surface area contributed by atoms with E-state index in [0.717, 1.165) is 0 Å². The van der Waals surface area contributed by atoms with Gasteiger partial charge in [0.25, 0.3) is 0 Å². The number of benzene rings is 7. The number of rotatable bonds is 3. The lowest BCUT2D eigenvalue weighted by molar-refractivity contribution is 0.669. The van der Waals surface area contributed by atoms with Crippen molar-refractivity contribution >= 4 is 43.5 Å². The summed E-state index contributed by atoms with van der Waals surface area (Å²) in [5.74, 6) is 0. The van der Waals surface area contributed by atoms with Gasteiger partial charge in [-0.3, -0.25) is 0 Å².